The van der Waals surface area contributed by atoms with Crippen molar-refractivity contribution in [1.82, 2.24) is 5.32 Å². The Balaban J connectivity index is 3.43. The molecule has 1 atom stereocenters. The Labute approximate surface area is 187 Å². The fraction of sp³-hybridized carbons (Fsp3) is 0.870. The lowest BCUT2D eigenvalue weighted by atomic mass is 10.1. The van der Waals surface area contributed by atoms with Gasteiger partial charge in [0.15, 0.2) is 0 Å². The summed E-state index contributed by atoms with van der Waals surface area (Å²) in [6.45, 7) is 1.72. The summed E-state index contributed by atoms with van der Waals surface area (Å²) >= 11 is 0. The van der Waals surface area contributed by atoms with Gasteiger partial charge in [-0.05, 0) is 6.42 Å². The van der Waals surface area contributed by atoms with Crippen LogP contribution in [0.2, 0.25) is 0 Å². The molecule has 0 saturated heterocycles. The van der Waals surface area contributed by atoms with E-state index in [-0.39, 0.29) is 38.5 Å². The van der Waals surface area contributed by atoms with E-state index >= 15 is 0 Å². The van der Waals surface area contributed by atoms with E-state index in [2.05, 4.69) is 17.0 Å². The number of carbonyl (C=O) groups excluding carboxylic acids is 3. The molecule has 3 N–H and O–H groups in total. The van der Waals surface area contributed by atoms with Gasteiger partial charge in [0.05, 0.1) is 26.0 Å². The van der Waals surface area contributed by atoms with E-state index in [0.29, 0.717) is 6.42 Å². The molecule has 0 heterocycles. The summed E-state index contributed by atoms with van der Waals surface area (Å²) in [4.78, 5) is 34.7. The zero-order valence-corrected chi connectivity index (χ0v) is 19.2. The SMILES string of the molecule is CCCCCCCCCCCCCC(=O)NCCOC(=O)CCC(=O)OCC(O)CO. The molecule has 0 aliphatic carbocycles. The van der Waals surface area contributed by atoms with Crippen molar-refractivity contribution in [3.05, 3.63) is 0 Å². The molecule has 0 fully saturated rings. The molecule has 0 aromatic heterocycles. The van der Waals surface area contributed by atoms with Gasteiger partial charge >= 0.3 is 11.9 Å². The lowest BCUT2D eigenvalue weighted by Gasteiger charge is -2.09. The molecule has 0 aromatic carbocycles. The molecule has 0 saturated carbocycles. The number of hydrogen-bond acceptors (Lipinski definition) is 7. The maximum Gasteiger partial charge on any atom is 0.306 e. The van der Waals surface area contributed by atoms with Gasteiger partial charge in [0.2, 0.25) is 5.91 Å². The molecule has 0 spiro atoms. The second-order valence-corrected chi connectivity index (χ2v) is 7.88. The highest BCUT2D eigenvalue weighted by Crippen LogP contribution is 2.11. The van der Waals surface area contributed by atoms with Crippen LogP contribution in [-0.2, 0) is 23.9 Å². The second-order valence-electron chi connectivity index (χ2n) is 7.88. The average molecular weight is 446 g/mol. The Kier molecular flexibility index (Phi) is 20.4. The summed E-state index contributed by atoms with van der Waals surface area (Å²) < 4.78 is 9.63. The summed E-state index contributed by atoms with van der Waals surface area (Å²) in [7, 11) is 0. The minimum absolute atomic E-state index is 0.0435. The first-order valence-corrected chi connectivity index (χ1v) is 11.9. The van der Waals surface area contributed by atoms with Crippen molar-refractivity contribution in [2.75, 3.05) is 26.4 Å². The summed E-state index contributed by atoms with van der Waals surface area (Å²) in [5.41, 5.74) is 0. The van der Waals surface area contributed by atoms with Gasteiger partial charge in [0.1, 0.15) is 19.3 Å². The van der Waals surface area contributed by atoms with E-state index in [4.69, 9.17) is 14.9 Å². The topological polar surface area (TPSA) is 122 Å². The van der Waals surface area contributed by atoms with Crippen LogP contribution in [0, 0.1) is 0 Å². The molecule has 8 heteroatoms. The quantitative estimate of drug-likeness (QED) is 0.183. The molecule has 182 valence electrons. The number of rotatable bonds is 21. The Bertz CT molecular complexity index is 471. The molecule has 0 aromatic rings. The Morgan fingerprint density at radius 1 is 0.774 bits per heavy atom. The number of amides is 1. The third kappa shape index (κ3) is 21.4. The zero-order chi connectivity index (χ0) is 23.2. The third-order valence-electron chi connectivity index (χ3n) is 4.88. The Hall–Kier alpha value is -1.67. The van der Waals surface area contributed by atoms with Crippen molar-refractivity contribution in [2.24, 2.45) is 0 Å². The Morgan fingerprint density at radius 3 is 1.84 bits per heavy atom. The first kappa shape index (κ1) is 29.3. The molecule has 0 bridgehead atoms. The summed E-state index contributed by atoms with van der Waals surface area (Å²) in [6.07, 6.45) is 12.7. The van der Waals surface area contributed by atoms with Crippen LogP contribution in [0.3, 0.4) is 0 Å². The van der Waals surface area contributed by atoms with Crippen LogP contribution in [-0.4, -0.2) is 60.5 Å². The van der Waals surface area contributed by atoms with Crippen LogP contribution in [0.25, 0.3) is 0 Å². The van der Waals surface area contributed by atoms with Crippen molar-refractivity contribution < 1.29 is 34.1 Å². The lowest BCUT2D eigenvalue weighted by molar-refractivity contribution is -0.152. The number of esters is 2. The number of aliphatic hydroxyl groups excluding tert-OH is 2. The number of aliphatic hydroxyl groups is 2. The standard InChI is InChI=1S/C23H43NO7/c1-2-3-4-5-6-7-8-9-10-11-12-13-21(27)24-16-17-30-22(28)14-15-23(29)31-19-20(26)18-25/h20,25-26H,2-19H2,1H3,(H,24,27). The van der Waals surface area contributed by atoms with Gasteiger partial charge in [-0.3, -0.25) is 14.4 Å². The molecule has 0 aliphatic heterocycles. The summed E-state index contributed by atoms with van der Waals surface area (Å²) in [5.74, 6) is -1.25. The van der Waals surface area contributed by atoms with Crippen molar-refractivity contribution >= 4 is 17.8 Å². The number of unbranched alkanes of at least 4 members (excludes halogenated alkanes) is 10. The largest absolute Gasteiger partial charge is 0.464 e. The van der Waals surface area contributed by atoms with Crippen LogP contribution in [0.1, 0.15) is 96.8 Å². The minimum atomic E-state index is -1.12. The van der Waals surface area contributed by atoms with Crippen LogP contribution >= 0.6 is 0 Å². The van der Waals surface area contributed by atoms with E-state index < -0.39 is 24.6 Å². The zero-order valence-electron chi connectivity index (χ0n) is 19.2. The normalized spacial score (nSPS) is 11.7. The van der Waals surface area contributed by atoms with Gasteiger partial charge < -0.3 is 25.0 Å². The van der Waals surface area contributed by atoms with Gasteiger partial charge in [0, 0.05) is 6.42 Å². The molecule has 8 nitrogen and oxygen atoms in total. The highest BCUT2D eigenvalue weighted by atomic mass is 16.5. The predicted molar refractivity (Wildman–Crippen MR) is 118 cm³/mol. The molecular formula is C23H43NO7. The van der Waals surface area contributed by atoms with E-state index in [0.717, 1.165) is 12.8 Å². The fourth-order valence-corrected chi connectivity index (χ4v) is 2.98. The van der Waals surface area contributed by atoms with Gasteiger partial charge in [-0.2, -0.15) is 0 Å². The van der Waals surface area contributed by atoms with E-state index in [1.807, 2.05) is 0 Å². The van der Waals surface area contributed by atoms with Crippen LogP contribution in [0.5, 0.6) is 0 Å². The molecular weight excluding hydrogens is 402 g/mol. The molecule has 0 rings (SSSR count). The smallest absolute Gasteiger partial charge is 0.306 e. The minimum Gasteiger partial charge on any atom is -0.464 e. The number of nitrogens with one attached hydrogen (secondary N) is 1. The average Bonchev–Trinajstić information content (AvgIpc) is 2.77. The van der Waals surface area contributed by atoms with Crippen molar-refractivity contribution in [3.63, 3.8) is 0 Å². The first-order chi connectivity index (χ1) is 15.0. The molecule has 0 aliphatic rings. The van der Waals surface area contributed by atoms with E-state index in [1.54, 1.807) is 0 Å². The van der Waals surface area contributed by atoms with Crippen molar-refractivity contribution in [1.29, 1.82) is 0 Å². The van der Waals surface area contributed by atoms with Crippen LogP contribution < -0.4 is 5.32 Å². The highest BCUT2D eigenvalue weighted by molar-refractivity contribution is 5.78. The van der Waals surface area contributed by atoms with Crippen LogP contribution in [0.15, 0.2) is 0 Å². The molecule has 1 unspecified atom stereocenters. The van der Waals surface area contributed by atoms with Gasteiger partial charge in [-0.1, -0.05) is 71.1 Å². The van der Waals surface area contributed by atoms with E-state index in [1.165, 1.54) is 57.8 Å². The van der Waals surface area contributed by atoms with Gasteiger partial charge in [-0.15, -0.1) is 0 Å². The van der Waals surface area contributed by atoms with Crippen molar-refractivity contribution in [3.8, 4) is 0 Å². The molecule has 31 heavy (non-hydrogen) atoms. The van der Waals surface area contributed by atoms with E-state index in [9.17, 15) is 14.4 Å². The summed E-state index contributed by atoms with van der Waals surface area (Å²) in [5, 5.41) is 20.4. The molecule has 1 amide bonds. The second kappa shape index (κ2) is 21.6. The van der Waals surface area contributed by atoms with Gasteiger partial charge in [-0.25, -0.2) is 0 Å². The number of hydrogen-bond donors (Lipinski definition) is 3. The Morgan fingerprint density at radius 2 is 1.29 bits per heavy atom. The first-order valence-electron chi connectivity index (χ1n) is 11.9. The van der Waals surface area contributed by atoms with Gasteiger partial charge in [0.25, 0.3) is 0 Å². The molecule has 0 radical (unpaired) electrons. The highest BCUT2D eigenvalue weighted by Gasteiger charge is 2.11. The third-order valence-corrected chi connectivity index (χ3v) is 4.88. The number of carbonyl (C=O) groups is 3. The predicted octanol–water partition coefficient (Wildman–Crippen LogP) is 3.02. The lowest BCUT2D eigenvalue weighted by Crippen LogP contribution is -2.28. The maximum absolute atomic E-state index is 11.8. The van der Waals surface area contributed by atoms with Crippen LogP contribution in [0.4, 0.5) is 0 Å². The monoisotopic (exact) mass is 445 g/mol. The maximum atomic E-state index is 11.8. The number of ether oxygens (including phenoxy) is 2. The fourth-order valence-electron chi connectivity index (χ4n) is 2.98. The summed E-state index contributed by atoms with van der Waals surface area (Å²) in [6, 6.07) is 0. The van der Waals surface area contributed by atoms with Crippen molar-refractivity contribution in [2.45, 2.75) is 103 Å².